The van der Waals surface area contributed by atoms with Gasteiger partial charge in [0.15, 0.2) is 0 Å². The molecule has 0 saturated carbocycles. The highest BCUT2D eigenvalue weighted by atomic mass is 35.5. The first-order valence-electron chi connectivity index (χ1n) is 5.45. The minimum Gasteiger partial charge on any atom is -0.433 e. The summed E-state index contributed by atoms with van der Waals surface area (Å²) in [5.74, 6) is -0.661. The van der Waals surface area contributed by atoms with Crippen LogP contribution in [0.2, 0.25) is 5.02 Å². The maximum Gasteiger partial charge on any atom is 0.387 e. The fourth-order valence-corrected chi connectivity index (χ4v) is 1.66. The number of carbonyl (C=O) groups is 1. The molecular weight excluding hydrogens is 294 g/mol. The van der Waals surface area contributed by atoms with Gasteiger partial charge in [0, 0.05) is 11.8 Å². The van der Waals surface area contributed by atoms with Gasteiger partial charge in [-0.15, -0.1) is 0 Å². The Morgan fingerprint density at radius 2 is 2.20 bits per heavy atom. The van der Waals surface area contributed by atoms with Crippen LogP contribution in [0.15, 0.2) is 28.8 Å². The first kappa shape index (κ1) is 14.3. The van der Waals surface area contributed by atoms with Crippen LogP contribution in [0.25, 0.3) is 0 Å². The summed E-state index contributed by atoms with van der Waals surface area (Å²) >= 11 is 5.76. The molecule has 1 N–H and O–H groups in total. The molecular formula is C12H9ClF2N2O3. The van der Waals surface area contributed by atoms with E-state index in [4.69, 9.17) is 16.1 Å². The molecule has 1 heterocycles. The lowest BCUT2D eigenvalue weighted by Crippen LogP contribution is -2.11. The summed E-state index contributed by atoms with van der Waals surface area (Å²) in [5, 5.41) is 6.03. The Bertz CT molecular complexity index is 631. The molecule has 0 fully saturated rings. The van der Waals surface area contributed by atoms with Crippen molar-refractivity contribution in [2.24, 2.45) is 0 Å². The van der Waals surface area contributed by atoms with Crippen LogP contribution in [0.3, 0.4) is 0 Å². The average molecular weight is 303 g/mol. The second-order valence-corrected chi connectivity index (χ2v) is 4.22. The number of nitrogens with zero attached hydrogens (tertiary/aromatic N) is 1. The van der Waals surface area contributed by atoms with E-state index in [0.29, 0.717) is 11.4 Å². The average Bonchev–Trinajstić information content (AvgIpc) is 2.79. The van der Waals surface area contributed by atoms with Crippen molar-refractivity contribution in [1.29, 1.82) is 0 Å². The zero-order valence-electron chi connectivity index (χ0n) is 10.2. The van der Waals surface area contributed by atoms with Crippen molar-refractivity contribution in [3.05, 3.63) is 40.7 Å². The Morgan fingerprint density at radius 1 is 1.45 bits per heavy atom. The van der Waals surface area contributed by atoms with E-state index in [9.17, 15) is 13.6 Å². The highest BCUT2D eigenvalue weighted by Gasteiger charge is 2.14. The van der Waals surface area contributed by atoms with Crippen molar-refractivity contribution in [1.82, 2.24) is 5.16 Å². The monoisotopic (exact) mass is 302 g/mol. The number of hydrogen-bond acceptors (Lipinski definition) is 4. The van der Waals surface area contributed by atoms with Crippen molar-refractivity contribution in [2.75, 3.05) is 5.32 Å². The molecule has 0 atom stereocenters. The highest BCUT2D eigenvalue weighted by molar-refractivity contribution is 6.32. The molecule has 1 amide bonds. The van der Waals surface area contributed by atoms with Gasteiger partial charge in [-0.05, 0) is 25.1 Å². The maximum atomic E-state index is 12.1. The van der Waals surface area contributed by atoms with E-state index >= 15 is 0 Å². The topological polar surface area (TPSA) is 64.4 Å². The van der Waals surface area contributed by atoms with Crippen LogP contribution in [0.5, 0.6) is 5.75 Å². The number of hydrogen-bond donors (Lipinski definition) is 1. The number of carbonyl (C=O) groups excluding carboxylic acids is 1. The lowest BCUT2D eigenvalue weighted by atomic mass is 10.3. The summed E-state index contributed by atoms with van der Waals surface area (Å²) in [6, 6.07) is 5.37. The molecule has 2 aromatic rings. The Morgan fingerprint density at radius 3 is 2.75 bits per heavy atom. The normalized spacial score (nSPS) is 10.7. The second-order valence-electron chi connectivity index (χ2n) is 3.81. The van der Waals surface area contributed by atoms with Crippen molar-refractivity contribution in [2.45, 2.75) is 13.5 Å². The number of nitrogens with one attached hydrogen (secondary N) is 1. The van der Waals surface area contributed by atoms with E-state index in [1.165, 1.54) is 24.3 Å². The van der Waals surface area contributed by atoms with E-state index < -0.39 is 12.5 Å². The van der Waals surface area contributed by atoms with Gasteiger partial charge in [-0.25, -0.2) is 0 Å². The Labute approximate surface area is 117 Å². The van der Waals surface area contributed by atoms with Gasteiger partial charge < -0.3 is 14.6 Å². The first-order chi connectivity index (χ1) is 9.45. The fraction of sp³-hybridized carbons (Fsp3) is 0.167. The fourth-order valence-electron chi connectivity index (χ4n) is 1.43. The summed E-state index contributed by atoms with van der Waals surface area (Å²) in [6.07, 6.45) is 0. The SMILES string of the molecule is Cc1cc(C(=O)Nc2ccc(OC(F)F)c(Cl)c2)on1. The van der Waals surface area contributed by atoms with Gasteiger partial charge in [0.2, 0.25) is 5.76 Å². The van der Waals surface area contributed by atoms with Gasteiger partial charge in [-0.3, -0.25) is 4.79 Å². The molecule has 106 valence electrons. The van der Waals surface area contributed by atoms with E-state index in [2.05, 4.69) is 15.2 Å². The number of aromatic nitrogens is 1. The summed E-state index contributed by atoms with van der Waals surface area (Å²) in [7, 11) is 0. The number of aryl methyl sites for hydroxylation is 1. The van der Waals surface area contributed by atoms with Crippen molar-refractivity contribution in [3.8, 4) is 5.75 Å². The zero-order chi connectivity index (χ0) is 14.7. The third-order valence-electron chi connectivity index (χ3n) is 2.26. The molecule has 2 rings (SSSR count). The largest absolute Gasteiger partial charge is 0.433 e. The van der Waals surface area contributed by atoms with E-state index in [-0.39, 0.29) is 16.5 Å². The lowest BCUT2D eigenvalue weighted by Gasteiger charge is -2.08. The quantitative estimate of drug-likeness (QED) is 0.939. The molecule has 0 unspecified atom stereocenters. The Kier molecular flexibility index (Phi) is 4.19. The number of ether oxygens (including phenoxy) is 1. The number of amides is 1. The van der Waals surface area contributed by atoms with Crippen LogP contribution < -0.4 is 10.1 Å². The molecule has 0 spiro atoms. The van der Waals surface area contributed by atoms with E-state index in [1.54, 1.807) is 6.92 Å². The van der Waals surface area contributed by atoms with Crippen LogP contribution in [0.4, 0.5) is 14.5 Å². The van der Waals surface area contributed by atoms with Crippen LogP contribution in [-0.2, 0) is 0 Å². The van der Waals surface area contributed by atoms with Gasteiger partial charge in [0.25, 0.3) is 5.91 Å². The predicted molar refractivity (Wildman–Crippen MR) is 67.3 cm³/mol. The van der Waals surface area contributed by atoms with Gasteiger partial charge in [0.05, 0.1) is 10.7 Å². The molecule has 0 aliphatic rings. The molecule has 0 radical (unpaired) electrons. The zero-order valence-corrected chi connectivity index (χ0v) is 10.9. The van der Waals surface area contributed by atoms with Gasteiger partial charge in [-0.2, -0.15) is 8.78 Å². The summed E-state index contributed by atoms with van der Waals surface area (Å²) in [5.41, 5.74) is 0.879. The molecule has 0 aliphatic carbocycles. The Balaban J connectivity index is 2.10. The number of rotatable bonds is 4. The second kappa shape index (κ2) is 5.87. The first-order valence-corrected chi connectivity index (χ1v) is 5.82. The Hall–Kier alpha value is -2.15. The highest BCUT2D eigenvalue weighted by Crippen LogP contribution is 2.29. The van der Waals surface area contributed by atoms with E-state index in [0.717, 1.165) is 0 Å². The standard InChI is InChI=1S/C12H9ClF2N2O3/c1-6-4-10(20-17-6)11(18)16-7-2-3-9(8(13)5-7)19-12(14)15/h2-5,12H,1H3,(H,16,18). The molecule has 8 heteroatoms. The molecule has 20 heavy (non-hydrogen) atoms. The lowest BCUT2D eigenvalue weighted by molar-refractivity contribution is -0.0497. The summed E-state index contributed by atoms with van der Waals surface area (Å²) in [4.78, 5) is 11.8. The van der Waals surface area contributed by atoms with Crippen LogP contribution >= 0.6 is 11.6 Å². The number of anilines is 1. The van der Waals surface area contributed by atoms with Gasteiger partial charge >= 0.3 is 6.61 Å². The minimum atomic E-state index is -2.97. The van der Waals surface area contributed by atoms with Gasteiger partial charge in [0.1, 0.15) is 5.75 Å². The van der Waals surface area contributed by atoms with Crippen LogP contribution in [-0.4, -0.2) is 17.7 Å². The molecule has 0 bridgehead atoms. The van der Waals surface area contributed by atoms with Gasteiger partial charge in [-0.1, -0.05) is 16.8 Å². The third-order valence-corrected chi connectivity index (χ3v) is 2.55. The number of halogens is 3. The maximum absolute atomic E-state index is 12.1. The molecule has 0 saturated heterocycles. The smallest absolute Gasteiger partial charge is 0.387 e. The molecule has 0 aliphatic heterocycles. The predicted octanol–water partition coefficient (Wildman–Crippen LogP) is 3.49. The molecule has 1 aromatic carbocycles. The summed E-state index contributed by atoms with van der Waals surface area (Å²) < 4.78 is 33.1. The number of benzene rings is 1. The molecule has 1 aromatic heterocycles. The summed E-state index contributed by atoms with van der Waals surface area (Å²) in [6.45, 7) is -1.29. The minimum absolute atomic E-state index is 0.0338. The van der Waals surface area contributed by atoms with Crippen LogP contribution in [0.1, 0.15) is 16.2 Å². The van der Waals surface area contributed by atoms with E-state index in [1.807, 2.05) is 0 Å². The number of alkyl halides is 2. The van der Waals surface area contributed by atoms with Crippen LogP contribution in [0, 0.1) is 6.92 Å². The van der Waals surface area contributed by atoms with Crippen molar-refractivity contribution >= 4 is 23.2 Å². The van der Waals surface area contributed by atoms with Crippen molar-refractivity contribution in [3.63, 3.8) is 0 Å². The third kappa shape index (κ3) is 3.45. The molecule has 5 nitrogen and oxygen atoms in total. The van der Waals surface area contributed by atoms with Crippen molar-refractivity contribution < 1.29 is 22.8 Å².